The molecule has 1 aromatic heterocycles. The van der Waals surface area contributed by atoms with Crippen molar-refractivity contribution in [1.82, 2.24) is 9.88 Å². The summed E-state index contributed by atoms with van der Waals surface area (Å²) in [6.07, 6.45) is 7.08. The second-order valence-electron chi connectivity index (χ2n) is 5.64. The van der Waals surface area contributed by atoms with E-state index in [4.69, 9.17) is 10.5 Å². The first-order chi connectivity index (χ1) is 8.76. The zero-order valence-corrected chi connectivity index (χ0v) is 12.8. The first-order valence-electron chi connectivity index (χ1n) is 6.76. The molecule has 19 heavy (non-hydrogen) atoms. The Kier molecular flexibility index (Phi) is 5.06. The molecule has 1 spiro atoms. The molecule has 1 aromatic rings. The van der Waals surface area contributed by atoms with Gasteiger partial charge in [-0.2, -0.15) is 0 Å². The van der Waals surface area contributed by atoms with Gasteiger partial charge in [0.25, 0.3) is 0 Å². The van der Waals surface area contributed by atoms with Crippen LogP contribution < -0.4 is 5.73 Å². The van der Waals surface area contributed by atoms with Crippen molar-refractivity contribution in [3.05, 3.63) is 11.1 Å². The Morgan fingerprint density at radius 1 is 1.42 bits per heavy atom. The van der Waals surface area contributed by atoms with Crippen molar-refractivity contribution < 1.29 is 4.74 Å². The number of rotatable bonds is 2. The number of hydrogen-bond acceptors (Lipinski definition) is 5. The number of nitrogens with zero attached hydrogens (tertiary/aromatic N) is 2. The number of likely N-dealkylation sites (tertiary alicyclic amines) is 1. The number of hydrogen-bond donors (Lipinski definition) is 1. The molecule has 2 fully saturated rings. The third kappa shape index (κ3) is 3.60. The summed E-state index contributed by atoms with van der Waals surface area (Å²) in [5.41, 5.74) is 6.11. The first kappa shape index (κ1) is 15.0. The lowest BCUT2D eigenvalue weighted by Gasteiger charge is -2.44. The number of nitrogen functional groups attached to an aromatic ring is 1. The fourth-order valence-electron chi connectivity index (χ4n) is 3.29. The number of anilines is 1. The van der Waals surface area contributed by atoms with Crippen molar-refractivity contribution in [3.63, 3.8) is 0 Å². The maximum Gasteiger partial charge on any atom is 0.180 e. The van der Waals surface area contributed by atoms with E-state index in [2.05, 4.69) is 9.88 Å². The maximum atomic E-state index is 5.71. The van der Waals surface area contributed by atoms with Crippen LogP contribution in [0.5, 0.6) is 0 Å². The molecule has 4 nitrogen and oxygen atoms in total. The van der Waals surface area contributed by atoms with Crippen LogP contribution in [-0.4, -0.2) is 36.2 Å². The normalized spacial score (nSPS) is 28.2. The number of ether oxygens (including phenoxy) is 1. The summed E-state index contributed by atoms with van der Waals surface area (Å²) in [6.45, 7) is 5.27. The quantitative estimate of drug-likeness (QED) is 0.912. The predicted molar refractivity (Wildman–Crippen MR) is 80.8 cm³/mol. The van der Waals surface area contributed by atoms with Crippen LogP contribution in [0.25, 0.3) is 0 Å². The molecule has 0 amide bonds. The van der Waals surface area contributed by atoms with Crippen molar-refractivity contribution >= 4 is 28.9 Å². The molecule has 0 aliphatic carbocycles. The molecule has 3 heterocycles. The molecule has 0 aromatic carbocycles. The lowest BCUT2D eigenvalue weighted by Crippen LogP contribution is -2.47. The van der Waals surface area contributed by atoms with Crippen molar-refractivity contribution in [3.8, 4) is 0 Å². The molecule has 1 atom stereocenters. The largest absolute Gasteiger partial charge is 0.381 e. The lowest BCUT2D eigenvalue weighted by molar-refractivity contribution is -0.0504. The highest BCUT2D eigenvalue weighted by molar-refractivity contribution is 7.15. The Morgan fingerprint density at radius 2 is 2.26 bits per heavy atom. The highest BCUT2D eigenvalue weighted by Gasteiger charge is 2.37. The second kappa shape index (κ2) is 6.39. The summed E-state index contributed by atoms with van der Waals surface area (Å²) in [7, 11) is 0. The van der Waals surface area contributed by atoms with Gasteiger partial charge in [-0.15, -0.1) is 23.7 Å². The van der Waals surface area contributed by atoms with Crippen LogP contribution >= 0.6 is 23.7 Å². The Morgan fingerprint density at radius 3 is 2.95 bits per heavy atom. The van der Waals surface area contributed by atoms with Crippen molar-refractivity contribution in [2.75, 3.05) is 32.0 Å². The van der Waals surface area contributed by atoms with Gasteiger partial charge in [-0.1, -0.05) is 0 Å². The van der Waals surface area contributed by atoms with E-state index in [1.807, 2.05) is 6.20 Å². The third-order valence-corrected chi connectivity index (χ3v) is 4.91. The Hall–Kier alpha value is -0.360. The molecular weight excluding hydrogens is 282 g/mol. The van der Waals surface area contributed by atoms with E-state index < -0.39 is 0 Å². The van der Waals surface area contributed by atoms with Gasteiger partial charge in [-0.25, -0.2) is 4.98 Å². The third-order valence-electron chi connectivity index (χ3n) is 4.10. The van der Waals surface area contributed by atoms with Gasteiger partial charge in [0.2, 0.25) is 0 Å². The van der Waals surface area contributed by atoms with Gasteiger partial charge in [0.05, 0.1) is 6.61 Å². The summed E-state index contributed by atoms with van der Waals surface area (Å²) in [5, 5.41) is 0.678. The fourth-order valence-corrected chi connectivity index (χ4v) is 4.02. The van der Waals surface area contributed by atoms with E-state index >= 15 is 0 Å². The van der Waals surface area contributed by atoms with Gasteiger partial charge in [-0.05, 0) is 32.2 Å². The summed E-state index contributed by atoms with van der Waals surface area (Å²) < 4.78 is 5.71. The molecule has 2 aliphatic heterocycles. The van der Waals surface area contributed by atoms with Crippen molar-refractivity contribution in [2.45, 2.75) is 32.2 Å². The smallest absolute Gasteiger partial charge is 0.180 e. The van der Waals surface area contributed by atoms with E-state index in [-0.39, 0.29) is 12.4 Å². The Balaban J connectivity index is 0.00000133. The average Bonchev–Trinajstić information content (AvgIpc) is 2.76. The van der Waals surface area contributed by atoms with Gasteiger partial charge in [0.15, 0.2) is 5.13 Å². The van der Waals surface area contributed by atoms with Gasteiger partial charge in [0.1, 0.15) is 0 Å². The first-order valence-corrected chi connectivity index (χ1v) is 7.58. The summed E-state index contributed by atoms with van der Waals surface area (Å²) in [4.78, 5) is 7.96. The Labute approximate surface area is 124 Å². The number of halogens is 1. The second-order valence-corrected chi connectivity index (χ2v) is 6.78. The fraction of sp³-hybridized carbons (Fsp3) is 0.769. The molecule has 0 saturated carbocycles. The maximum absolute atomic E-state index is 5.71. The molecule has 6 heteroatoms. The van der Waals surface area contributed by atoms with E-state index in [1.54, 1.807) is 11.3 Å². The van der Waals surface area contributed by atoms with Gasteiger partial charge >= 0.3 is 0 Å². The van der Waals surface area contributed by atoms with Crippen LogP contribution in [0.2, 0.25) is 0 Å². The topological polar surface area (TPSA) is 51.4 Å². The average molecular weight is 304 g/mol. The molecular formula is C13H22ClN3OS. The van der Waals surface area contributed by atoms with Gasteiger partial charge in [-0.3, -0.25) is 4.90 Å². The number of thiazole rings is 1. The zero-order valence-electron chi connectivity index (χ0n) is 11.1. The van der Waals surface area contributed by atoms with Crippen molar-refractivity contribution in [1.29, 1.82) is 0 Å². The van der Waals surface area contributed by atoms with Gasteiger partial charge in [0, 0.05) is 36.2 Å². The minimum atomic E-state index is 0. The van der Waals surface area contributed by atoms with E-state index in [1.165, 1.54) is 43.6 Å². The SMILES string of the molecule is Cl.Nc1ncc(CN2CCCC3(CCCOC3)C2)s1. The highest BCUT2D eigenvalue weighted by atomic mass is 35.5. The summed E-state index contributed by atoms with van der Waals surface area (Å²) >= 11 is 1.61. The Bertz CT molecular complexity index is 401. The van der Waals surface area contributed by atoms with Gasteiger partial charge < -0.3 is 10.5 Å². The molecule has 108 valence electrons. The van der Waals surface area contributed by atoms with Crippen LogP contribution in [0.4, 0.5) is 5.13 Å². The van der Waals surface area contributed by atoms with E-state index in [0.717, 1.165) is 19.8 Å². The predicted octanol–water partition coefficient (Wildman–Crippen LogP) is 2.54. The standard InChI is InChI=1S/C13H21N3OS.ClH/c14-12-15-7-11(18-12)8-16-5-1-3-13(9-16)4-2-6-17-10-13;/h7H,1-6,8-10H2,(H2,14,15);1H. The monoisotopic (exact) mass is 303 g/mol. The van der Waals surface area contributed by atoms with Crippen LogP contribution in [0.15, 0.2) is 6.20 Å². The minimum Gasteiger partial charge on any atom is -0.381 e. The summed E-state index contributed by atoms with van der Waals surface area (Å²) in [5.74, 6) is 0. The molecule has 2 saturated heterocycles. The van der Waals surface area contributed by atoms with Crippen molar-refractivity contribution in [2.24, 2.45) is 5.41 Å². The molecule has 3 rings (SSSR count). The zero-order chi connectivity index (χ0) is 12.4. The lowest BCUT2D eigenvalue weighted by atomic mass is 9.76. The minimum absolute atomic E-state index is 0. The molecule has 2 N–H and O–H groups in total. The molecule has 0 bridgehead atoms. The molecule has 1 unspecified atom stereocenters. The summed E-state index contributed by atoms with van der Waals surface area (Å²) in [6, 6.07) is 0. The number of aromatic nitrogens is 1. The van der Waals surface area contributed by atoms with Crippen LogP contribution in [0, 0.1) is 5.41 Å². The number of piperidine rings is 1. The number of nitrogens with two attached hydrogens (primary N) is 1. The highest BCUT2D eigenvalue weighted by Crippen LogP contribution is 2.38. The van der Waals surface area contributed by atoms with Crippen LogP contribution in [0.3, 0.4) is 0 Å². The van der Waals surface area contributed by atoms with E-state index in [9.17, 15) is 0 Å². The van der Waals surface area contributed by atoms with Crippen LogP contribution in [0.1, 0.15) is 30.6 Å². The van der Waals surface area contributed by atoms with Crippen LogP contribution in [-0.2, 0) is 11.3 Å². The molecule has 2 aliphatic rings. The van der Waals surface area contributed by atoms with E-state index in [0.29, 0.717) is 10.5 Å². The molecule has 0 radical (unpaired) electrons.